The van der Waals surface area contributed by atoms with Gasteiger partial charge < -0.3 is 20.1 Å². The summed E-state index contributed by atoms with van der Waals surface area (Å²) in [6.45, 7) is -0.314. The van der Waals surface area contributed by atoms with Crippen molar-refractivity contribution in [2.45, 2.75) is 6.18 Å². The third kappa shape index (κ3) is 7.74. The van der Waals surface area contributed by atoms with Gasteiger partial charge in [-0.3, -0.25) is 9.59 Å². The Hall–Kier alpha value is -4.01. The number of carbonyl (C=O) groups is 2. The molecule has 0 fully saturated rings. The minimum Gasteiger partial charge on any atom is -0.493 e. The Bertz CT molecular complexity index is 1420. The topological polar surface area (TPSA) is 100 Å². The van der Waals surface area contributed by atoms with E-state index in [9.17, 15) is 28.0 Å². The zero-order valence-corrected chi connectivity index (χ0v) is 21.9. The molecule has 0 spiro atoms. The van der Waals surface area contributed by atoms with E-state index in [2.05, 4.69) is 26.6 Å². The maximum atomic E-state index is 13.0. The van der Waals surface area contributed by atoms with Crippen molar-refractivity contribution in [3.8, 4) is 17.6 Å². The molecular formula is C26H18BrClF3N3O4. The van der Waals surface area contributed by atoms with E-state index in [-0.39, 0.29) is 28.8 Å². The van der Waals surface area contributed by atoms with Gasteiger partial charge in [0.2, 0.25) is 0 Å². The molecule has 196 valence electrons. The van der Waals surface area contributed by atoms with E-state index in [0.29, 0.717) is 17.3 Å². The highest BCUT2D eigenvalue weighted by Crippen LogP contribution is 2.34. The number of hydrogen-bond donors (Lipinski definition) is 2. The van der Waals surface area contributed by atoms with E-state index in [1.165, 1.54) is 31.4 Å². The van der Waals surface area contributed by atoms with Gasteiger partial charge in [0, 0.05) is 10.2 Å². The van der Waals surface area contributed by atoms with Crippen LogP contribution < -0.4 is 20.1 Å². The van der Waals surface area contributed by atoms with Crippen LogP contribution >= 0.6 is 27.5 Å². The van der Waals surface area contributed by atoms with Gasteiger partial charge in [0.05, 0.1) is 23.4 Å². The fourth-order valence-electron chi connectivity index (χ4n) is 3.07. The van der Waals surface area contributed by atoms with Crippen molar-refractivity contribution in [3.63, 3.8) is 0 Å². The minimum absolute atomic E-state index is 0.129. The summed E-state index contributed by atoms with van der Waals surface area (Å²) in [6, 6.07) is 15.6. The predicted octanol–water partition coefficient (Wildman–Crippen LogP) is 6.69. The molecule has 0 aliphatic heterocycles. The highest BCUT2D eigenvalue weighted by atomic mass is 79.9. The second kappa shape index (κ2) is 12.5. The molecule has 12 heteroatoms. The summed E-state index contributed by atoms with van der Waals surface area (Å²) in [7, 11) is 1.37. The van der Waals surface area contributed by atoms with Crippen molar-refractivity contribution in [1.29, 1.82) is 5.26 Å². The molecule has 2 N–H and O–H groups in total. The number of methoxy groups -OCH3 is 1. The van der Waals surface area contributed by atoms with Crippen molar-refractivity contribution in [2.24, 2.45) is 0 Å². The molecule has 0 aliphatic rings. The number of benzene rings is 3. The van der Waals surface area contributed by atoms with Gasteiger partial charge >= 0.3 is 6.18 Å². The number of nitrogens with one attached hydrogen (secondary N) is 2. The molecule has 3 aromatic carbocycles. The molecule has 0 bridgehead atoms. The van der Waals surface area contributed by atoms with Crippen molar-refractivity contribution in [2.75, 3.05) is 24.4 Å². The minimum atomic E-state index is -4.64. The van der Waals surface area contributed by atoms with E-state index in [1.807, 2.05) is 0 Å². The van der Waals surface area contributed by atoms with Crippen LogP contribution in [0.1, 0.15) is 11.1 Å². The number of ether oxygens (including phenoxy) is 2. The van der Waals surface area contributed by atoms with Crippen LogP contribution in [0.15, 0.2) is 70.7 Å². The van der Waals surface area contributed by atoms with Crippen LogP contribution in [-0.2, 0) is 15.8 Å². The number of nitriles is 1. The highest BCUT2D eigenvalue weighted by molar-refractivity contribution is 9.10. The molecule has 0 heterocycles. The fraction of sp³-hybridized carbons (Fsp3) is 0.115. The fourth-order valence-corrected chi connectivity index (χ4v) is 3.50. The largest absolute Gasteiger partial charge is 0.493 e. The van der Waals surface area contributed by atoms with Gasteiger partial charge in [0.15, 0.2) is 18.1 Å². The normalized spacial score (nSPS) is 11.3. The molecule has 0 atom stereocenters. The average Bonchev–Trinajstić information content (AvgIpc) is 2.88. The number of rotatable bonds is 8. The van der Waals surface area contributed by atoms with Crippen molar-refractivity contribution in [3.05, 3.63) is 86.9 Å². The lowest BCUT2D eigenvalue weighted by atomic mass is 10.1. The smallest absolute Gasteiger partial charge is 0.416 e. The summed E-state index contributed by atoms with van der Waals surface area (Å²) in [5.74, 6) is -0.921. The first-order valence-electron chi connectivity index (χ1n) is 10.7. The first kappa shape index (κ1) is 28.6. The quantitative estimate of drug-likeness (QED) is 0.219. The Kier molecular flexibility index (Phi) is 9.39. The van der Waals surface area contributed by atoms with E-state index >= 15 is 0 Å². The molecule has 0 radical (unpaired) electrons. The summed E-state index contributed by atoms with van der Waals surface area (Å²) < 4.78 is 50.7. The Balaban J connectivity index is 1.71. The van der Waals surface area contributed by atoms with E-state index in [4.69, 9.17) is 21.1 Å². The maximum Gasteiger partial charge on any atom is 0.416 e. The summed E-state index contributed by atoms with van der Waals surface area (Å²) >= 11 is 9.22. The Morgan fingerprint density at radius 1 is 1.05 bits per heavy atom. The van der Waals surface area contributed by atoms with Crippen molar-refractivity contribution < 1.29 is 32.2 Å². The van der Waals surface area contributed by atoms with E-state index in [1.54, 1.807) is 30.3 Å². The first-order chi connectivity index (χ1) is 18.0. The number of anilines is 2. The van der Waals surface area contributed by atoms with Crippen LogP contribution in [0.5, 0.6) is 11.5 Å². The van der Waals surface area contributed by atoms with Crippen LogP contribution in [-0.4, -0.2) is 25.5 Å². The SMILES string of the molecule is COc1cc(/C=C(/C#N)C(=O)Nc2cc(C(F)(F)F)ccc2Cl)ccc1OCC(=O)Nc1ccc(Br)cc1. The third-order valence-corrected chi connectivity index (χ3v) is 5.75. The Morgan fingerprint density at radius 3 is 2.39 bits per heavy atom. The number of nitrogens with zero attached hydrogens (tertiary/aromatic N) is 1. The van der Waals surface area contributed by atoms with Gasteiger partial charge in [-0.2, -0.15) is 18.4 Å². The van der Waals surface area contributed by atoms with Crippen LogP contribution in [0.3, 0.4) is 0 Å². The molecule has 0 saturated heterocycles. The van der Waals surface area contributed by atoms with Gasteiger partial charge in [-0.15, -0.1) is 0 Å². The number of carbonyl (C=O) groups excluding carboxylic acids is 2. The van der Waals surface area contributed by atoms with Gasteiger partial charge in [0.25, 0.3) is 11.8 Å². The molecular weight excluding hydrogens is 591 g/mol. The highest BCUT2D eigenvalue weighted by Gasteiger charge is 2.31. The molecule has 0 aromatic heterocycles. The maximum absolute atomic E-state index is 13.0. The van der Waals surface area contributed by atoms with E-state index in [0.717, 1.165) is 16.6 Å². The third-order valence-electron chi connectivity index (χ3n) is 4.89. The lowest BCUT2D eigenvalue weighted by molar-refractivity contribution is -0.137. The van der Waals surface area contributed by atoms with Gasteiger partial charge in [-0.25, -0.2) is 0 Å². The van der Waals surface area contributed by atoms with Crippen LogP contribution in [0.2, 0.25) is 5.02 Å². The average molecular weight is 609 g/mol. The molecule has 0 unspecified atom stereocenters. The lowest BCUT2D eigenvalue weighted by Crippen LogP contribution is -2.20. The summed E-state index contributed by atoms with van der Waals surface area (Å²) in [5, 5.41) is 14.2. The summed E-state index contributed by atoms with van der Waals surface area (Å²) in [5.41, 5.74) is -0.762. The Labute approximate surface area is 228 Å². The number of halogens is 5. The van der Waals surface area contributed by atoms with Crippen molar-refractivity contribution >= 4 is 56.8 Å². The molecule has 38 heavy (non-hydrogen) atoms. The van der Waals surface area contributed by atoms with Gasteiger partial charge in [0.1, 0.15) is 11.6 Å². The van der Waals surface area contributed by atoms with E-state index < -0.39 is 29.1 Å². The zero-order chi connectivity index (χ0) is 27.9. The van der Waals surface area contributed by atoms with Crippen LogP contribution in [0.25, 0.3) is 6.08 Å². The predicted molar refractivity (Wildman–Crippen MR) is 140 cm³/mol. The molecule has 3 rings (SSSR count). The summed E-state index contributed by atoms with van der Waals surface area (Å²) in [6.07, 6.45) is -3.43. The number of hydrogen-bond acceptors (Lipinski definition) is 5. The molecule has 0 saturated carbocycles. The lowest BCUT2D eigenvalue weighted by Gasteiger charge is -2.12. The molecule has 7 nitrogen and oxygen atoms in total. The Morgan fingerprint density at radius 2 is 1.76 bits per heavy atom. The van der Waals surface area contributed by atoms with Crippen LogP contribution in [0.4, 0.5) is 24.5 Å². The standard InChI is InChI=1S/C26H18BrClF3N3O4/c1-37-23-11-15(2-9-22(23)38-14-24(35)33-19-6-4-18(27)5-7-19)10-16(13-32)25(36)34-21-12-17(26(29,30)31)3-8-20(21)28/h2-12H,14H2,1H3,(H,33,35)(H,34,36)/b16-10-. The molecule has 0 aliphatic carbocycles. The summed E-state index contributed by atoms with van der Waals surface area (Å²) in [4.78, 5) is 24.8. The molecule has 3 aromatic rings. The van der Waals surface area contributed by atoms with Gasteiger partial charge in [-0.05, 0) is 66.2 Å². The molecule has 2 amide bonds. The van der Waals surface area contributed by atoms with Gasteiger partial charge in [-0.1, -0.05) is 33.6 Å². The second-order valence-corrected chi connectivity index (χ2v) is 8.89. The monoisotopic (exact) mass is 607 g/mol. The second-order valence-electron chi connectivity index (χ2n) is 7.57. The van der Waals surface area contributed by atoms with Crippen LogP contribution in [0, 0.1) is 11.3 Å². The first-order valence-corrected chi connectivity index (χ1v) is 11.8. The van der Waals surface area contributed by atoms with Crippen molar-refractivity contribution in [1.82, 2.24) is 0 Å². The zero-order valence-electron chi connectivity index (χ0n) is 19.5. The number of alkyl halides is 3. The number of amides is 2.